The highest BCUT2D eigenvalue weighted by molar-refractivity contribution is 7.90. The van der Waals surface area contributed by atoms with Crippen molar-refractivity contribution in [1.82, 2.24) is 4.90 Å². The quantitative estimate of drug-likeness (QED) is 0.715. The summed E-state index contributed by atoms with van der Waals surface area (Å²) >= 11 is 0. The number of rotatable bonds is 6. The minimum absolute atomic E-state index is 0.154. The van der Waals surface area contributed by atoms with Crippen LogP contribution in [0, 0.1) is 11.8 Å². The molecule has 7 nitrogen and oxygen atoms in total. The van der Waals surface area contributed by atoms with Crippen molar-refractivity contribution in [3.8, 4) is 5.75 Å². The SMILES string of the molecule is COC(=O)c1ccccc1O[C@@H]1C[C@@H]2CN(CCS(C)(=O)=O)C[C@@H]2C[C@H]1O. The van der Waals surface area contributed by atoms with Crippen LogP contribution in [0.3, 0.4) is 0 Å². The van der Waals surface area contributed by atoms with Gasteiger partial charge in [-0.1, -0.05) is 12.1 Å². The number of esters is 1. The van der Waals surface area contributed by atoms with Crippen molar-refractivity contribution < 1.29 is 27.8 Å². The zero-order chi connectivity index (χ0) is 19.6. The third-order valence-electron chi connectivity index (χ3n) is 5.51. The molecule has 150 valence electrons. The first-order valence-corrected chi connectivity index (χ1v) is 11.2. The predicted octanol–water partition coefficient (Wildman–Crippen LogP) is 0.968. The topological polar surface area (TPSA) is 93.1 Å². The van der Waals surface area contributed by atoms with Crippen molar-refractivity contribution in [2.75, 3.05) is 38.8 Å². The number of para-hydroxylation sites is 1. The minimum Gasteiger partial charge on any atom is -0.487 e. The fourth-order valence-electron chi connectivity index (χ4n) is 4.10. The van der Waals surface area contributed by atoms with Gasteiger partial charge in [0.05, 0.1) is 19.0 Å². The van der Waals surface area contributed by atoms with Crippen molar-refractivity contribution in [2.45, 2.75) is 25.0 Å². The molecule has 1 aromatic rings. The first kappa shape index (κ1) is 20.1. The number of carbonyl (C=O) groups excluding carboxylic acids is 1. The van der Waals surface area contributed by atoms with Gasteiger partial charge in [0, 0.05) is 25.9 Å². The summed E-state index contributed by atoms with van der Waals surface area (Å²) < 4.78 is 33.6. The first-order chi connectivity index (χ1) is 12.8. The molecule has 0 radical (unpaired) electrons. The standard InChI is InChI=1S/C19H27NO6S/c1-25-19(22)15-5-3-4-6-17(15)26-18-10-14-12-20(7-8-27(2,23)24)11-13(14)9-16(18)21/h3-6,13-14,16,18,21H,7-12H2,1-2H3/t13-,14+,16+,18+/m0/s1. The molecule has 1 heterocycles. The highest BCUT2D eigenvalue weighted by atomic mass is 32.2. The van der Waals surface area contributed by atoms with E-state index in [1.165, 1.54) is 13.4 Å². The number of fused-ring (bicyclic) bond motifs is 1. The van der Waals surface area contributed by atoms with Crippen LogP contribution in [-0.2, 0) is 14.6 Å². The van der Waals surface area contributed by atoms with Gasteiger partial charge in [-0.3, -0.25) is 0 Å². The molecule has 2 aliphatic rings. The molecule has 1 saturated carbocycles. The summed E-state index contributed by atoms with van der Waals surface area (Å²) in [5.74, 6) is 0.792. The van der Waals surface area contributed by atoms with Crippen LogP contribution in [0.25, 0.3) is 0 Å². The Bertz CT molecular complexity index is 780. The molecular weight excluding hydrogens is 370 g/mol. The number of hydrogen-bond acceptors (Lipinski definition) is 7. The number of likely N-dealkylation sites (tertiary alicyclic amines) is 1. The lowest BCUT2D eigenvalue weighted by atomic mass is 9.78. The normalized spacial score (nSPS) is 28.6. The smallest absolute Gasteiger partial charge is 0.341 e. The largest absolute Gasteiger partial charge is 0.487 e. The van der Waals surface area contributed by atoms with Gasteiger partial charge >= 0.3 is 5.97 Å². The summed E-state index contributed by atoms with van der Waals surface area (Å²) in [6.07, 6.45) is 1.53. The van der Waals surface area contributed by atoms with Crippen molar-refractivity contribution >= 4 is 15.8 Å². The summed E-state index contributed by atoms with van der Waals surface area (Å²) in [5.41, 5.74) is 0.343. The summed E-state index contributed by atoms with van der Waals surface area (Å²) in [6.45, 7) is 2.15. The average molecular weight is 397 g/mol. The van der Waals surface area contributed by atoms with Crippen molar-refractivity contribution in [2.24, 2.45) is 11.8 Å². The molecule has 4 atom stereocenters. The molecule has 1 aliphatic carbocycles. The molecule has 0 amide bonds. The molecule has 0 aromatic heterocycles. The number of aliphatic hydroxyl groups excluding tert-OH is 1. The van der Waals surface area contributed by atoms with Gasteiger partial charge in [0.25, 0.3) is 0 Å². The van der Waals surface area contributed by atoms with Crippen LogP contribution in [0.2, 0.25) is 0 Å². The van der Waals surface area contributed by atoms with Gasteiger partial charge in [-0.15, -0.1) is 0 Å². The number of nitrogens with zero attached hydrogens (tertiary/aromatic N) is 1. The second-order valence-electron chi connectivity index (χ2n) is 7.59. The highest BCUT2D eigenvalue weighted by Gasteiger charge is 2.42. The maximum atomic E-state index is 11.9. The van der Waals surface area contributed by atoms with E-state index in [0.29, 0.717) is 42.5 Å². The fourth-order valence-corrected chi connectivity index (χ4v) is 4.69. The Labute approximate surface area is 160 Å². The maximum absolute atomic E-state index is 11.9. The van der Waals surface area contributed by atoms with E-state index in [9.17, 15) is 18.3 Å². The zero-order valence-corrected chi connectivity index (χ0v) is 16.5. The van der Waals surface area contributed by atoms with Gasteiger partial charge in [-0.2, -0.15) is 0 Å². The van der Waals surface area contributed by atoms with E-state index < -0.39 is 28.0 Å². The third kappa shape index (κ3) is 5.00. The molecule has 0 unspecified atom stereocenters. The maximum Gasteiger partial charge on any atom is 0.341 e. The third-order valence-corrected chi connectivity index (χ3v) is 6.43. The number of sulfone groups is 1. The Morgan fingerprint density at radius 2 is 1.89 bits per heavy atom. The molecule has 1 aromatic carbocycles. The molecule has 0 spiro atoms. The molecule has 27 heavy (non-hydrogen) atoms. The number of aliphatic hydroxyl groups is 1. The molecule has 0 bridgehead atoms. The van der Waals surface area contributed by atoms with Gasteiger partial charge in [-0.25, -0.2) is 13.2 Å². The second kappa shape index (κ2) is 8.16. The number of methoxy groups -OCH3 is 1. The monoisotopic (exact) mass is 397 g/mol. The van der Waals surface area contributed by atoms with Crippen LogP contribution in [0.1, 0.15) is 23.2 Å². The molecule has 2 fully saturated rings. The van der Waals surface area contributed by atoms with Crippen LogP contribution in [0.15, 0.2) is 24.3 Å². The summed E-state index contributed by atoms with van der Waals surface area (Å²) in [6, 6.07) is 6.87. The van der Waals surface area contributed by atoms with E-state index in [1.54, 1.807) is 24.3 Å². The Balaban J connectivity index is 1.64. The molecule has 3 rings (SSSR count). The Morgan fingerprint density at radius 3 is 2.56 bits per heavy atom. The predicted molar refractivity (Wildman–Crippen MR) is 101 cm³/mol. The van der Waals surface area contributed by atoms with Crippen molar-refractivity contribution in [1.29, 1.82) is 0 Å². The second-order valence-corrected chi connectivity index (χ2v) is 9.85. The first-order valence-electron chi connectivity index (χ1n) is 9.19. The Hall–Kier alpha value is -1.64. The van der Waals surface area contributed by atoms with Gasteiger partial charge in [0.15, 0.2) is 0 Å². The number of carbonyl (C=O) groups is 1. The highest BCUT2D eigenvalue weighted by Crippen LogP contribution is 2.38. The van der Waals surface area contributed by atoms with Gasteiger partial charge in [0.1, 0.15) is 27.3 Å². The molecule has 1 aliphatic heterocycles. The van der Waals surface area contributed by atoms with Crippen molar-refractivity contribution in [3.05, 3.63) is 29.8 Å². The summed E-state index contributed by atoms with van der Waals surface area (Å²) in [7, 11) is -1.66. The van der Waals surface area contributed by atoms with Crippen LogP contribution in [-0.4, -0.2) is 75.4 Å². The summed E-state index contributed by atoms with van der Waals surface area (Å²) in [4.78, 5) is 14.1. The Kier molecular flexibility index (Phi) is 6.08. The molecule has 1 N–H and O–H groups in total. The van der Waals surface area contributed by atoms with Gasteiger partial charge < -0.3 is 19.5 Å². The van der Waals surface area contributed by atoms with E-state index in [1.807, 2.05) is 0 Å². The van der Waals surface area contributed by atoms with E-state index in [-0.39, 0.29) is 5.75 Å². The fraction of sp³-hybridized carbons (Fsp3) is 0.632. The number of ether oxygens (including phenoxy) is 2. The lowest BCUT2D eigenvalue weighted by Gasteiger charge is -2.35. The van der Waals surface area contributed by atoms with Crippen LogP contribution in [0.4, 0.5) is 0 Å². The van der Waals surface area contributed by atoms with Gasteiger partial charge in [0.2, 0.25) is 0 Å². The van der Waals surface area contributed by atoms with E-state index in [4.69, 9.17) is 9.47 Å². The molecular formula is C19H27NO6S. The number of hydrogen-bond donors (Lipinski definition) is 1. The van der Waals surface area contributed by atoms with Crippen LogP contribution >= 0.6 is 0 Å². The van der Waals surface area contributed by atoms with Crippen molar-refractivity contribution in [3.63, 3.8) is 0 Å². The number of benzene rings is 1. The van der Waals surface area contributed by atoms with E-state index in [2.05, 4.69) is 4.90 Å². The average Bonchev–Trinajstić information content (AvgIpc) is 3.01. The van der Waals surface area contributed by atoms with Crippen LogP contribution < -0.4 is 4.74 Å². The van der Waals surface area contributed by atoms with E-state index in [0.717, 1.165) is 13.1 Å². The van der Waals surface area contributed by atoms with Crippen LogP contribution in [0.5, 0.6) is 5.75 Å². The zero-order valence-electron chi connectivity index (χ0n) is 15.7. The molecule has 8 heteroatoms. The molecule has 1 saturated heterocycles. The van der Waals surface area contributed by atoms with E-state index >= 15 is 0 Å². The van der Waals surface area contributed by atoms with Gasteiger partial charge in [-0.05, 0) is 36.8 Å². The minimum atomic E-state index is -2.98. The lowest BCUT2D eigenvalue weighted by Crippen LogP contribution is -2.42. The summed E-state index contributed by atoms with van der Waals surface area (Å²) in [5, 5.41) is 10.6. The Morgan fingerprint density at radius 1 is 1.22 bits per heavy atom. The lowest BCUT2D eigenvalue weighted by molar-refractivity contribution is -0.0237.